The molecule has 2 aromatic heterocycles. The van der Waals surface area contributed by atoms with Crippen molar-refractivity contribution in [3.63, 3.8) is 0 Å². The number of aryl methyl sites for hydroxylation is 1. The number of aromatic nitrogens is 3. The van der Waals surface area contributed by atoms with E-state index >= 15 is 0 Å². The fraction of sp³-hybridized carbons (Fsp3) is 0.533. The van der Waals surface area contributed by atoms with Crippen molar-refractivity contribution in [3.8, 4) is 0 Å². The predicted molar refractivity (Wildman–Crippen MR) is 78.0 cm³/mol. The average Bonchev–Trinajstić information content (AvgIpc) is 2.95. The summed E-state index contributed by atoms with van der Waals surface area (Å²) in [6.45, 7) is 11.4. The second-order valence-electron chi connectivity index (χ2n) is 6.00. The van der Waals surface area contributed by atoms with E-state index in [-0.39, 0.29) is 5.54 Å². The van der Waals surface area contributed by atoms with Gasteiger partial charge in [0.25, 0.3) is 0 Å². The van der Waals surface area contributed by atoms with Crippen LogP contribution in [0.3, 0.4) is 0 Å². The largest absolute Gasteiger partial charge is 0.349 e. The Morgan fingerprint density at radius 1 is 1.21 bits per heavy atom. The van der Waals surface area contributed by atoms with Gasteiger partial charge in [-0.15, -0.1) is 0 Å². The summed E-state index contributed by atoms with van der Waals surface area (Å²) in [4.78, 5) is 0. The Kier molecular flexibility index (Phi) is 4.10. The van der Waals surface area contributed by atoms with Crippen LogP contribution in [0.1, 0.15) is 38.8 Å². The lowest BCUT2D eigenvalue weighted by atomic mass is 10.1. The molecule has 0 aliphatic heterocycles. The molecule has 0 fully saturated rings. The van der Waals surface area contributed by atoms with Crippen molar-refractivity contribution in [2.75, 3.05) is 0 Å². The molecule has 0 atom stereocenters. The van der Waals surface area contributed by atoms with Crippen LogP contribution in [0.25, 0.3) is 0 Å². The molecule has 0 saturated carbocycles. The van der Waals surface area contributed by atoms with Gasteiger partial charge in [-0.05, 0) is 39.3 Å². The molecule has 2 heterocycles. The third-order valence-corrected chi connectivity index (χ3v) is 3.01. The number of rotatable bonds is 5. The lowest BCUT2D eigenvalue weighted by Gasteiger charge is -2.19. The molecule has 0 aromatic carbocycles. The van der Waals surface area contributed by atoms with Gasteiger partial charge >= 0.3 is 0 Å². The molecular weight excluding hydrogens is 236 g/mol. The molecule has 19 heavy (non-hydrogen) atoms. The molecule has 0 unspecified atom stereocenters. The van der Waals surface area contributed by atoms with Gasteiger partial charge in [-0.1, -0.05) is 0 Å². The van der Waals surface area contributed by atoms with E-state index in [1.165, 1.54) is 11.1 Å². The highest BCUT2D eigenvalue weighted by Crippen LogP contribution is 2.08. The van der Waals surface area contributed by atoms with Gasteiger partial charge in [0, 0.05) is 42.8 Å². The van der Waals surface area contributed by atoms with Gasteiger partial charge in [-0.2, -0.15) is 5.10 Å². The Bertz CT molecular complexity index is 516. The summed E-state index contributed by atoms with van der Waals surface area (Å²) in [7, 11) is 0. The second-order valence-corrected chi connectivity index (χ2v) is 6.00. The minimum atomic E-state index is 0.157. The summed E-state index contributed by atoms with van der Waals surface area (Å²) in [6, 6.07) is 2.17. The third-order valence-electron chi connectivity index (χ3n) is 3.01. The Hall–Kier alpha value is -1.55. The molecule has 2 aromatic rings. The highest BCUT2D eigenvalue weighted by Gasteiger charge is 2.08. The number of nitrogens with one attached hydrogen (secondary N) is 1. The first kappa shape index (κ1) is 13.9. The summed E-state index contributed by atoms with van der Waals surface area (Å²) in [6.07, 6.45) is 8.37. The van der Waals surface area contributed by atoms with Crippen LogP contribution in [0.2, 0.25) is 0 Å². The van der Waals surface area contributed by atoms with Gasteiger partial charge in [0.15, 0.2) is 0 Å². The normalized spacial score (nSPS) is 12.0. The molecule has 4 nitrogen and oxygen atoms in total. The molecule has 0 radical (unpaired) electrons. The molecular formula is C15H24N4. The van der Waals surface area contributed by atoms with Gasteiger partial charge in [0.2, 0.25) is 0 Å². The SMILES string of the molecule is CCn1cc(Cn2ccc(CNC(C)(C)C)c2)cn1. The Morgan fingerprint density at radius 3 is 2.63 bits per heavy atom. The quantitative estimate of drug-likeness (QED) is 0.897. The van der Waals surface area contributed by atoms with Gasteiger partial charge in [0.1, 0.15) is 0 Å². The molecule has 104 valence electrons. The molecule has 0 bridgehead atoms. The molecule has 0 aliphatic carbocycles. The van der Waals surface area contributed by atoms with E-state index in [1.807, 2.05) is 10.9 Å². The first-order valence-electron chi connectivity index (χ1n) is 6.87. The monoisotopic (exact) mass is 260 g/mol. The molecule has 0 spiro atoms. The fourth-order valence-electron chi connectivity index (χ4n) is 1.93. The number of nitrogens with zero attached hydrogens (tertiary/aromatic N) is 3. The topological polar surface area (TPSA) is 34.8 Å². The first-order chi connectivity index (χ1) is 8.96. The summed E-state index contributed by atoms with van der Waals surface area (Å²) in [5, 5.41) is 7.80. The smallest absolute Gasteiger partial charge is 0.0539 e. The Morgan fingerprint density at radius 2 is 2.00 bits per heavy atom. The van der Waals surface area contributed by atoms with Crippen LogP contribution in [0.15, 0.2) is 30.9 Å². The van der Waals surface area contributed by atoms with Crippen molar-refractivity contribution in [1.29, 1.82) is 0 Å². The fourth-order valence-corrected chi connectivity index (χ4v) is 1.93. The van der Waals surface area contributed by atoms with Crippen LogP contribution in [-0.4, -0.2) is 19.9 Å². The Labute approximate surface area is 115 Å². The van der Waals surface area contributed by atoms with Gasteiger partial charge < -0.3 is 9.88 Å². The second kappa shape index (κ2) is 5.61. The Balaban J connectivity index is 1.93. The van der Waals surface area contributed by atoms with E-state index in [0.717, 1.165) is 19.6 Å². The van der Waals surface area contributed by atoms with Gasteiger partial charge in [0.05, 0.1) is 12.7 Å². The van der Waals surface area contributed by atoms with Gasteiger partial charge in [-0.25, -0.2) is 0 Å². The summed E-state index contributed by atoms with van der Waals surface area (Å²) >= 11 is 0. The van der Waals surface area contributed by atoms with E-state index in [1.54, 1.807) is 0 Å². The maximum Gasteiger partial charge on any atom is 0.0539 e. The zero-order valence-corrected chi connectivity index (χ0v) is 12.3. The highest BCUT2D eigenvalue weighted by molar-refractivity contribution is 5.13. The third kappa shape index (κ3) is 4.24. The number of hydrogen-bond acceptors (Lipinski definition) is 2. The van der Waals surface area contributed by atoms with Crippen LogP contribution in [0, 0.1) is 0 Å². The predicted octanol–water partition coefficient (Wildman–Crippen LogP) is 2.64. The summed E-state index contributed by atoms with van der Waals surface area (Å²) in [5.41, 5.74) is 2.72. The highest BCUT2D eigenvalue weighted by atomic mass is 15.3. The zero-order valence-electron chi connectivity index (χ0n) is 12.3. The first-order valence-corrected chi connectivity index (χ1v) is 6.87. The molecule has 1 N–H and O–H groups in total. The molecule has 0 amide bonds. The molecule has 2 rings (SSSR count). The molecule has 4 heteroatoms. The maximum absolute atomic E-state index is 4.30. The zero-order chi connectivity index (χ0) is 13.9. The van der Waals surface area contributed by atoms with Gasteiger partial charge in [-0.3, -0.25) is 4.68 Å². The maximum atomic E-state index is 4.30. The van der Waals surface area contributed by atoms with E-state index in [9.17, 15) is 0 Å². The van der Waals surface area contributed by atoms with E-state index in [2.05, 4.69) is 67.3 Å². The number of hydrogen-bond donors (Lipinski definition) is 1. The minimum absolute atomic E-state index is 0.157. The van der Waals surface area contributed by atoms with Crippen molar-refractivity contribution in [3.05, 3.63) is 42.0 Å². The average molecular weight is 260 g/mol. The molecule has 0 saturated heterocycles. The minimum Gasteiger partial charge on any atom is -0.349 e. The lowest BCUT2D eigenvalue weighted by Crippen LogP contribution is -2.34. The van der Waals surface area contributed by atoms with Crippen LogP contribution < -0.4 is 5.32 Å². The van der Waals surface area contributed by atoms with Crippen molar-refractivity contribution >= 4 is 0 Å². The summed E-state index contributed by atoms with van der Waals surface area (Å²) in [5.74, 6) is 0. The standard InChI is InChI=1S/C15H24N4/c1-5-19-12-14(9-17-19)11-18-7-6-13(10-18)8-16-15(2,3)4/h6-7,9-10,12,16H,5,8,11H2,1-4H3. The van der Waals surface area contributed by atoms with Crippen molar-refractivity contribution in [2.24, 2.45) is 0 Å². The lowest BCUT2D eigenvalue weighted by molar-refractivity contribution is 0.424. The molecule has 0 aliphatic rings. The van der Waals surface area contributed by atoms with Crippen molar-refractivity contribution in [2.45, 2.75) is 52.9 Å². The van der Waals surface area contributed by atoms with Crippen molar-refractivity contribution < 1.29 is 0 Å². The van der Waals surface area contributed by atoms with E-state index in [4.69, 9.17) is 0 Å². The summed E-state index contributed by atoms with van der Waals surface area (Å²) < 4.78 is 4.16. The van der Waals surface area contributed by atoms with Crippen LogP contribution in [-0.2, 0) is 19.6 Å². The van der Waals surface area contributed by atoms with Crippen LogP contribution >= 0.6 is 0 Å². The van der Waals surface area contributed by atoms with E-state index in [0.29, 0.717) is 0 Å². The van der Waals surface area contributed by atoms with Crippen LogP contribution in [0.5, 0.6) is 0 Å². The van der Waals surface area contributed by atoms with E-state index < -0.39 is 0 Å². The van der Waals surface area contributed by atoms with Crippen LogP contribution in [0.4, 0.5) is 0 Å². The van der Waals surface area contributed by atoms with Crippen molar-refractivity contribution in [1.82, 2.24) is 19.7 Å².